The fourth-order valence-corrected chi connectivity index (χ4v) is 4.82. The van der Waals surface area contributed by atoms with Crippen LogP contribution in [0.25, 0.3) is 0 Å². The van der Waals surface area contributed by atoms with Crippen LogP contribution in [0.15, 0.2) is 12.1 Å². The van der Waals surface area contributed by atoms with E-state index in [0.717, 1.165) is 44.3 Å². The van der Waals surface area contributed by atoms with Crippen molar-refractivity contribution >= 4 is 11.8 Å². The molecule has 2 aliphatic heterocycles. The van der Waals surface area contributed by atoms with Gasteiger partial charge in [-0.15, -0.1) is 0 Å². The maximum absolute atomic E-state index is 13.5. The zero-order valence-corrected chi connectivity index (χ0v) is 18.2. The number of benzene rings is 1. The van der Waals surface area contributed by atoms with Gasteiger partial charge in [-0.1, -0.05) is 0 Å². The summed E-state index contributed by atoms with van der Waals surface area (Å²) in [4.78, 5) is 30.2. The first-order valence-corrected chi connectivity index (χ1v) is 10.9. The number of carbonyl (C=O) groups is 2. The summed E-state index contributed by atoms with van der Waals surface area (Å²) in [5.74, 6) is 1.86. The third-order valence-electron chi connectivity index (χ3n) is 6.66. The number of hydrogen-bond acceptors (Lipinski definition) is 5. The topological polar surface area (TPSA) is 68.3 Å². The van der Waals surface area contributed by atoms with Crippen LogP contribution in [0.1, 0.15) is 43.6 Å². The summed E-state index contributed by atoms with van der Waals surface area (Å²) in [5, 5.41) is 0. The molecule has 2 amide bonds. The third kappa shape index (κ3) is 3.94. The lowest BCUT2D eigenvalue weighted by atomic mass is 9.87. The summed E-state index contributed by atoms with van der Waals surface area (Å²) < 4.78 is 16.5. The second kappa shape index (κ2) is 8.74. The molecule has 30 heavy (non-hydrogen) atoms. The predicted molar refractivity (Wildman–Crippen MR) is 112 cm³/mol. The lowest BCUT2D eigenvalue weighted by molar-refractivity contribution is -0.137. The zero-order chi connectivity index (χ0) is 21.3. The van der Waals surface area contributed by atoms with E-state index in [4.69, 9.17) is 14.2 Å². The molecule has 2 unspecified atom stereocenters. The first-order chi connectivity index (χ1) is 14.6. The van der Waals surface area contributed by atoms with Gasteiger partial charge >= 0.3 is 0 Å². The van der Waals surface area contributed by atoms with E-state index in [9.17, 15) is 9.59 Å². The van der Waals surface area contributed by atoms with E-state index in [2.05, 4.69) is 0 Å². The van der Waals surface area contributed by atoms with Crippen LogP contribution in [0, 0.1) is 11.8 Å². The second-order valence-electron chi connectivity index (χ2n) is 8.58. The predicted octanol–water partition coefficient (Wildman–Crippen LogP) is 2.68. The summed E-state index contributed by atoms with van der Waals surface area (Å²) >= 11 is 0. The number of carbonyl (C=O) groups excluding carboxylic acids is 2. The molecule has 2 saturated heterocycles. The Morgan fingerprint density at radius 1 is 0.833 bits per heavy atom. The maximum Gasteiger partial charge on any atom is 0.228 e. The van der Waals surface area contributed by atoms with Crippen LogP contribution in [-0.2, 0) is 9.59 Å². The largest absolute Gasteiger partial charge is 0.493 e. The standard InChI is InChI=1S/C23H32N2O5/c1-28-19-11-16(12-20(29-2)21(19)30-3)17-13-25(22(26)15-7-8-15)14-18(17)23(27)24-9-5-4-6-10-24/h11-12,15,17-18H,4-10,13-14H2,1-3H3. The molecule has 1 aromatic carbocycles. The quantitative estimate of drug-likeness (QED) is 0.713. The molecule has 2 atom stereocenters. The monoisotopic (exact) mass is 416 g/mol. The van der Waals surface area contributed by atoms with Crippen LogP contribution in [-0.4, -0.2) is 69.1 Å². The second-order valence-corrected chi connectivity index (χ2v) is 8.58. The van der Waals surface area contributed by atoms with Crippen molar-refractivity contribution < 1.29 is 23.8 Å². The molecule has 0 N–H and O–H groups in total. The minimum absolute atomic E-state index is 0.0872. The van der Waals surface area contributed by atoms with Crippen LogP contribution >= 0.6 is 0 Å². The van der Waals surface area contributed by atoms with Gasteiger partial charge in [-0.25, -0.2) is 0 Å². The summed E-state index contributed by atoms with van der Waals surface area (Å²) in [7, 11) is 4.76. The molecule has 1 saturated carbocycles. The normalized spacial score (nSPS) is 24.0. The Balaban J connectivity index is 1.66. The minimum Gasteiger partial charge on any atom is -0.493 e. The number of likely N-dealkylation sites (tertiary alicyclic amines) is 2. The van der Waals surface area contributed by atoms with Crippen LogP contribution in [0.3, 0.4) is 0 Å². The fraction of sp³-hybridized carbons (Fsp3) is 0.652. The van der Waals surface area contributed by atoms with Gasteiger partial charge in [-0.05, 0) is 49.8 Å². The molecule has 0 bridgehead atoms. The van der Waals surface area contributed by atoms with Gasteiger partial charge in [0.2, 0.25) is 17.6 Å². The third-order valence-corrected chi connectivity index (χ3v) is 6.66. The summed E-state index contributed by atoms with van der Waals surface area (Å²) in [5.41, 5.74) is 0.950. The van der Waals surface area contributed by atoms with Crippen molar-refractivity contribution in [3.05, 3.63) is 17.7 Å². The fourth-order valence-electron chi connectivity index (χ4n) is 4.82. The molecule has 0 radical (unpaired) electrons. The summed E-state index contributed by atoms with van der Waals surface area (Å²) in [6.45, 7) is 2.67. The van der Waals surface area contributed by atoms with Gasteiger partial charge in [0, 0.05) is 38.0 Å². The highest BCUT2D eigenvalue weighted by Crippen LogP contribution is 2.44. The number of nitrogens with zero attached hydrogens (tertiary/aromatic N) is 2. The zero-order valence-electron chi connectivity index (χ0n) is 18.2. The van der Waals surface area contributed by atoms with Gasteiger partial charge in [0.25, 0.3) is 0 Å². The Labute approximate surface area is 178 Å². The van der Waals surface area contributed by atoms with Crippen molar-refractivity contribution in [2.45, 2.75) is 38.0 Å². The molecule has 164 valence electrons. The number of amides is 2. The van der Waals surface area contributed by atoms with Gasteiger partial charge in [0.15, 0.2) is 11.5 Å². The van der Waals surface area contributed by atoms with Gasteiger partial charge in [-0.2, -0.15) is 0 Å². The van der Waals surface area contributed by atoms with Gasteiger partial charge in [0.05, 0.1) is 27.2 Å². The Kier molecular flexibility index (Phi) is 6.06. The highest BCUT2D eigenvalue weighted by atomic mass is 16.5. The average molecular weight is 417 g/mol. The van der Waals surface area contributed by atoms with E-state index in [1.165, 1.54) is 6.42 Å². The van der Waals surface area contributed by atoms with E-state index in [0.29, 0.717) is 30.3 Å². The smallest absolute Gasteiger partial charge is 0.228 e. The highest BCUT2D eigenvalue weighted by molar-refractivity contribution is 5.85. The molecule has 7 nitrogen and oxygen atoms in total. The summed E-state index contributed by atoms with van der Waals surface area (Å²) in [6.07, 6.45) is 5.22. The number of piperidine rings is 1. The Morgan fingerprint density at radius 2 is 1.47 bits per heavy atom. The van der Waals surface area contributed by atoms with E-state index >= 15 is 0 Å². The lowest BCUT2D eigenvalue weighted by Crippen LogP contribution is -2.42. The summed E-state index contributed by atoms with van der Waals surface area (Å²) in [6, 6.07) is 3.85. The van der Waals surface area contributed by atoms with E-state index < -0.39 is 0 Å². The van der Waals surface area contributed by atoms with Crippen molar-refractivity contribution in [3.63, 3.8) is 0 Å². The molecule has 3 aliphatic rings. The molecule has 3 fully saturated rings. The van der Waals surface area contributed by atoms with Crippen molar-refractivity contribution in [2.24, 2.45) is 11.8 Å². The first-order valence-electron chi connectivity index (χ1n) is 10.9. The van der Waals surface area contributed by atoms with Gasteiger partial charge < -0.3 is 24.0 Å². The molecule has 2 heterocycles. The van der Waals surface area contributed by atoms with Crippen LogP contribution in [0.5, 0.6) is 17.2 Å². The molecular weight excluding hydrogens is 384 g/mol. The van der Waals surface area contributed by atoms with Crippen molar-refractivity contribution in [2.75, 3.05) is 47.5 Å². The van der Waals surface area contributed by atoms with Crippen LogP contribution < -0.4 is 14.2 Å². The average Bonchev–Trinajstić information content (AvgIpc) is 3.55. The molecule has 4 rings (SSSR count). The molecular formula is C23H32N2O5. The Hall–Kier alpha value is -2.44. The van der Waals surface area contributed by atoms with Crippen LogP contribution in [0.2, 0.25) is 0 Å². The molecule has 0 aromatic heterocycles. The van der Waals surface area contributed by atoms with Gasteiger partial charge in [-0.3, -0.25) is 9.59 Å². The number of rotatable bonds is 6. The lowest BCUT2D eigenvalue weighted by Gasteiger charge is -2.31. The van der Waals surface area contributed by atoms with E-state index in [1.54, 1.807) is 21.3 Å². The van der Waals surface area contributed by atoms with Gasteiger partial charge in [0.1, 0.15) is 0 Å². The maximum atomic E-state index is 13.5. The number of methoxy groups -OCH3 is 3. The van der Waals surface area contributed by atoms with Crippen LogP contribution in [0.4, 0.5) is 0 Å². The van der Waals surface area contributed by atoms with E-state index in [1.807, 2.05) is 21.9 Å². The van der Waals surface area contributed by atoms with E-state index in [-0.39, 0.29) is 29.6 Å². The number of hydrogen-bond donors (Lipinski definition) is 0. The Bertz CT molecular complexity index is 776. The first kappa shape index (κ1) is 20.8. The molecule has 7 heteroatoms. The molecule has 1 aromatic rings. The van der Waals surface area contributed by atoms with Crippen molar-refractivity contribution in [3.8, 4) is 17.2 Å². The SMILES string of the molecule is COc1cc(C2CN(C(=O)C3CC3)CC2C(=O)N2CCCCC2)cc(OC)c1OC. The molecule has 0 spiro atoms. The minimum atomic E-state index is -0.242. The Morgan fingerprint density at radius 3 is 2.00 bits per heavy atom. The number of ether oxygens (including phenoxy) is 3. The van der Waals surface area contributed by atoms with Crippen molar-refractivity contribution in [1.29, 1.82) is 0 Å². The highest BCUT2D eigenvalue weighted by Gasteiger charge is 2.45. The molecule has 1 aliphatic carbocycles. The van der Waals surface area contributed by atoms with Crippen molar-refractivity contribution in [1.82, 2.24) is 9.80 Å².